The van der Waals surface area contributed by atoms with E-state index in [0.717, 1.165) is 23.6 Å². The average molecular weight is 371 g/mol. The van der Waals surface area contributed by atoms with Crippen molar-refractivity contribution >= 4 is 27.4 Å². The number of benzene rings is 1. The van der Waals surface area contributed by atoms with E-state index in [1.165, 1.54) is 16.7 Å². The fourth-order valence-electron chi connectivity index (χ4n) is 2.56. The minimum Gasteiger partial charge on any atom is -0.354 e. The summed E-state index contributed by atoms with van der Waals surface area (Å²) in [6.07, 6.45) is 1.49. The van der Waals surface area contributed by atoms with E-state index in [4.69, 9.17) is 11.6 Å². The molecule has 2 aromatic rings. The molecule has 1 fully saturated rings. The van der Waals surface area contributed by atoms with Crippen LogP contribution in [0.3, 0.4) is 0 Å². The molecule has 1 aliphatic rings. The van der Waals surface area contributed by atoms with E-state index >= 15 is 0 Å². The summed E-state index contributed by atoms with van der Waals surface area (Å²) in [5.41, 5.74) is 0.857. The Bertz CT molecular complexity index is 854. The highest BCUT2D eigenvalue weighted by molar-refractivity contribution is 7.89. The zero-order valence-corrected chi connectivity index (χ0v) is 14.6. The summed E-state index contributed by atoms with van der Waals surface area (Å²) in [7, 11) is -3.69. The molecule has 128 valence electrons. The number of aryl methyl sites for hydroxylation is 1. The summed E-state index contributed by atoms with van der Waals surface area (Å²) in [4.78, 5) is 10.3. The molecular weight excluding hydrogens is 355 g/mol. The van der Waals surface area contributed by atoms with Gasteiger partial charge in [-0.2, -0.15) is 4.31 Å². The predicted molar refractivity (Wildman–Crippen MR) is 89.2 cm³/mol. The second kappa shape index (κ2) is 6.62. The van der Waals surface area contributed by atoms with E-state index < -0.39 is 15.8 Å². The van der Waals surface area contributed by atoms with Gasteiger partial charge in [-0.25, -0.2) is 22.8 Å². The van der Waals surface area contributed by atoms with Crippen molar-refractivity contribution in [3.8, 4) is 0 Å². The minimum absolute atomic E-state index is 0.000213. The van der Waals surface area contributed by atoms with Crippen LogP contribution in [0.1, 0.15) is 5.69 Å². The molecule has 0 amide bonds. The van der Waals surface area contributed by atoms with E-state index in [0.29, 0.717) is 26.2 Å². The number of piperazine rings is 1. The standard InChI is InChI=1S/C15H16ClFN4O2S/c1-11-8-15(19-10-18-11)20-4-6-21(7-5-20)24(22,23)12-2-3-14(17)13(16)9-12/h2-3,8-10H,4-7H2,1H3. The molecule has 0 radical (unpaired) electrons. The Kier molecular flexibility index (Phi) is 4.71. The largest absolute Gasteiger partial charge is 0.354 e. The number of nitrogens with zero attached hydrogens (tertiary/aromatic N) is 4. The molecule has 0 bridgehead atoms. The van der Waals surface area contributed by atoms with Gasteiger partial charge in [0.2, 0.25) is 10.0 Å². The first kappa shape index (κ1) is 17.1. The Morgan fingerprint density at radius 1 is 1.12 bits per heavy atom. The smallest absolute Gasteiger partial charge is 0.243 e. The topological polar surface area (TPSA) is 66.4 Å². The maximum atomic E-state index is 13.2. The second-order valence-corrected chi connectivity index (χ2v) is 7.83. The molecule has 0 saturated carbocycles. The van der Waals surface area contributed by atoms with Gasteiger partial charge in [-0.3, -0.25) is 0 Å². The third-order valence-electron chi connectivity index (χ3n) is 3.88. The van der Waals surface area contributed by atoms with Crippen LogP contribution in [0.5, 0.6) is 0 Å². The molecule has 0 unspecified atom stereocenters. The van der Waals surface area contributed by atoms with Crippen LogP contribution in [0.15, 0.2) is 35.5 Å². The molecule has 3 rings (SSSR count). The van der Waals surface area contributed by atoms with E-state index in [9.17, 15) is 12.8 Å². The maximum absolute atomic E-state index is 13.2. The van der Waals surface area contributed by atoms with Crippen molar-refractivity contribution in [1.29, 1.82) is 0 Å². The molecule has 9 heteroatoms. The SMILES string of the molecule is Cc1cc(N2CCN(S(=O)(=O)c3ccc(F)c(Cl)c3)CC2)ncn1. The first-order valence-electron chi connectivity index (χ1n) is 7.37. The lowest BCUT2D eigenvalue weighted by Gasteiger charge is -2.34. The van der Waals surface area contributed by atoms with Crippen LogP contribution in [-0.2, 0) is 10.0 Å². The van der Waals surface area contributed by atoms with Crippen molar-refractivity contribution in [1.82, 2.24) is 14.3 Å². The van der Waals surface area contributed by atoms with Crippen molar-refractivity contribution in [2.75, 3.05) is 31.1 Å². The summed E-state index contributed by atoms with van der Waals surface area (Å²) in [6.45, 7) is 3.56. The van der Waals surface area contributed by atoms with Gasteiger partial charge in [0, 0.05) is 37.9 Å². The summed E-state index contributed by atoms with van der Waals surface area (Å²) >= 11 is 5.70. The summed E-state index contributed by atoms with van der Waals surface area (Å²) in [5.74, 6) is 0.143. The molecule has 0 N–H and O–H groups in total. The lowest BCUT2D eigenvalue weighted by Crippen LogP contribution is -2.48. The van der Waals surface area contributed by atoms with Gasteiger partial charge < -0.3 is 4.90 Å². The van der Waals surface area contributed by atoms with Gasteiger partial charge in [0.05, 0.1) is 9.92 Å². The molecule has 6 nitrogen and oxygen atoms in total. The van der Waals surface area contributed by atoms with Gasteiger partial charge in [0.1, 0.15) is 18.0 Å². The van der Waals surface area contributed by atoms with E-state index in [1.807, 2.05) is 17.9 Å². The normalized spacial score (nSPS) is 16.4. The molecule has 0 spiro atoms. The minimum atomic E-state index is -3.69. The fourth-order valence-corrected chi connectivity index (χ4v) is 4.25. The van der Waals surface area contributed by atoms with Gasteiger partial charge in [0.15, 0.2) is 0 Å². The lowest BCUT2D eigenvalue weighted by atomic mass is 10.3. The number of anilines is 1. The summed E-state index contributed by atoms with van der Waals surface area (Å²) in [5, 5.41) is -0.203. The molecule has 0 aliphatic carbocycles. The number of sulfonamides is 1. The van der Waals surface area contributed by atoms with Crippen LogP contribution < -0.4 is 4.90 Å². The highest BCUT2D eigenvalue weighted by Crippen LogP contribution is 2.24. The fraction of sp³-hybridized carbons (Fsp3) is 0.333. The van der Waals surface area contributed by atoms with Crippen molar-refractivity contribution in [2.24, 2.45) is 0 Å². The maximum Gasteiger partial charge on any atom is 0.243 e. The van der Waals surface area contributed by atoms with E-state index in [2.05, 4.69) is 9.97 Å². The van der Waals surface area contributed by atoms with Gasteiger partial charge in [-0.1, -0.05) is 11.6 Å². The Hall–Kier alpha value is -1.77. The quantitative estimate of drug-likeness (QED) is 0.827. The molecule has 24 heavy (non-hydrogen) atoms. The van der Waals surface area contributed by atoms with Gasteiger partial charge in [-0.15, -0.1) is 0 Å². The van der Waals surface area contributed by atoms with Gasteiger partial charge >= 0.3 is 0 Å². The zero-order chi connectivity index (χ0) is 17.3. The third kappa shape index (κ3) is 3.35. The highest BCUT2D eigenvalue weighted by Gasteiger charge is 2.29. The Balaban J connectivity index is 1.74. The van der Waals surface area contributed by atoms with Gasteiger partial charge in [0.25, 0.3) is 0 Å². The first-order chi connectivity index (χ1) is 11.4. The lowest BCUT2D eigenvalue weighted by molar-refractivity contribution is 0.383. The summed E-state index contributed by atoms with van der Waals surface area (Å²) < 4.78 is 39.9. The van der Waals surface area contributed by atoms with Crippen LogP contribution in [0.2, 0.25) is 5.02 Å². The van der Waals surface area contributed by atoms with E-state index in [-0.39, 0.29) is 9.92 Å². The summed E-state index contributed by atoms with van der Waals surface area (Å²) in [6, 6.07) is 5.31. The number of halogens is 2. The van der Waals surface area contributed by atoms with Gasteiger partial charge in [-0.05, 0) is 25.1 Å². The van der Waals surface area contributed by atoms with Crippen molar-refractivity contribution in [3.63, 3.8) is 0 Å². The molecule has 0 atom stereocenters. The van der Waals surface area contributed by atoms with Crippen molar-refractivity contribution in [2.45, 2.75) is 11.8 Å². The van der Waals surface area contributed by atoms with Crippen LogP contribution in [0, 0.1) is 12.7 Å². The number of hydrogen-bond acceptors (Lipinski definition) is 5. The van der Waals surface area contributed by atoms with Crippen LogP contribution in [-0.4, -0.2) is 48.9 Å². The zero-order valence-electron chi connectivity index (χ0n) is 13.0. The Morgan fingerprint density at radius 3 is 2.46 bits per heavy atom. The molecule has 1 aromatic carbocycles. The van der Waals surface area contributed by atoms with Crippen LogP contribution >= 0.6 is 11.6 Å². The second-order valence-electron chi connectivity index (χ2n) is 5.48. The molecule has 1 aliphatic heterocycles. The highest BCUT2D eigenvalue weighted by atomic mass is 35.5. The Labute approximate surface area is 144 Å². The number of aromatic nitrogens is 2. The number of rotatable bonds is 3. The number of hydrogen-bond donors (Lipinski definition) is 0. The van der Waals surface area contributed by atoms with Crippen molar-refractivity contribution in [3.05, 3.63) is 47.1 Å². The van der Waals surface area contributed by atoms with E-state index in [1.54, 1.807) is 0 Å². The molecule has 1 aromatic heterocycles. The molecule has 1 saturated heterocycles. The third-order valence-corrected chi connectivity index (χ3v) is 6.07. The first-order valence-corrected chi connectivity index (χ1v) is 9.18. The van der Waals surface area contributed by atoms with Crippen LogP contribution in [0.25, 0.3) is 0 Å². The average Bonchev–Trinajstić information content (AvgIpc) is 2.57. The van der Waals surface area contributed by atoms with Crippen molar-refractivity contribution < 1.29 is 12.8 Å². The predicted octanol–water partition coefficient (Wildman–Crippen LogP) is 2.09. The van der Waals surface area contributed by atoms with Crippen LogP contribution in [0.4, 0.5) is 10.2 Å². The molecular formula is C15H16ClFN4O2S. The molecule has 2 heterocycles. The monoisotopic (exact) mass is 370 g/mol. The Morgan fingerprint density at radius 2 is 1.83 bits per heavy atom.